The first-order chi connectivity index (χ1) is 24.6. The van der Waals surface area contributed by atoms with E-state index in [1.54, 1.807) is 12.1 Å². The van der Waals surface area contributed by atoms with Gasteiger partial charge in [-0.3, -0.25) is 8.78 Å². The molecule has 0 saturated carbocycles. The van der Waals surface area contributed by atoms with Crippen molar-refractivity contribution in [2.45, 2.75) is 5.25 Å². The number of hydrogen-bond donors (Lipinski definition) is 3. The van der Waals surface area contributed by atoms with E-state index < -0.39 is 45.1 Å². The van der Waals surface area contributed by atoms with Crippen LogP contribution in [0.15, 0.2) is 60.7 Å². The Labute approximate surface area is 345 Å². The van der Waals surface area contributed by atoms with Crippen molar-refractivity contribution in [2.24, 2.45) is 0 Å². The molecule has 0 unspecified atom stereocenters. The third-order valence-corrected chi connectivity index (χ3v) is 3.98. The normalized spacial score (nSPS) is 8.33. The van der Waals surface area contributed by atoms with Crippen LogP contribution >= 0.6 is 0 Å². The van der Waals surface area contributed by atoms with Crippen LogP contribution in [-0.2, 0) is 30.2 Å². The monoisotopic (exact) mass is 894 g/mol. The van der Waals surface area contributed by atoms with Crippen LogP contribution in [0.3, 0.4) is 0 Å². The molecule has 54 heavy (non-hydrogen) atoms. The van der Waals surface area contributed by atoms with E-state index in [0.29, 0.717) is 26.7 Å². The van der Waals surface area contributed by atoms with Gasteiger partial charge in [0.05, 0.1) is 21.0 Å². The van der Waals surface area contributed by atoms with E-state index in [4.69, 9.17) is 74.4 Å². The van der Waals surface area contributed by atoms with Crippen molar-refractivity contribution in [3.63, 3.8) is 0 Å². The summed E-state index contributed by atoms with van der Waals surface area (Å²) in [6, 6.07) is 18.5. The molecule has 0 atom stereocenters. The van der Waals surface area contributed by atoms with Crippen LogP contribution in [0, 0.1) is 0 Å². The Bertz CT molecular complexity index is 1120. The molecule has 0 heterocycles. The first-order valence-corrected chi connectivity index (χ1v) is 14.3. The van der Waals surface area contributed by atoms with E-state index in [0.717, 1.165) is 12.9 Å². The molecule has 31 heteroatoms. The predicted molar refractivity (Wildman–Crippen MR) is 151 cm³/mol. The number of carbonyl (C=O) groups excluding carboxylic acids is 1. The number of aliphatic hydroxyl groups is 3. The third kappa shape index (κ3) is 79.1. The molecule has 13 nitrogen and oxygen atoms in total. The van der Waals surface area contributed by atoms with Gasteiger partial charge in [-0.25, -0.2) is 26.0 Å². The first kappa shape index (κ1) is 80.6. The third-order valence-electron chi connectivity index (χ3n) is 3.12. The molecule has 0 amide bonds. The molecule has 0 spiro atoms. The summed E-state index contributed by atoms with van der Waals surface area (Å²) in [7, 11) is -9.10. The zero-order valence-corrected chi connectivity index (χ0v) is 34.2. The molecule has 0 bridgehead atoms. The van der Waals surface area contributed by atoms with Gasteiger partial charge in [-0.15, -0.1) is 3.89 Å². The Balaban J connectivity index is -0.0000000464. The minimum atomic E-state index is -5.69. The largest absolute Gasteiger partial charge is 1.00 e. The second-order valence-corrected chi connectivity index (χ2v) is 8.34. The van der Waals surface area contributed by atoms with Crippen LogP contribution in [0.2, 0.25) is 0 Å². The molecule has 0 saturated heterocycles. The maximum absolute atomic E-state index is 11.6. The van der Waals surface area contributed by atoms with Crippen LogP contribution < -0.4 is 68.6 Å². The van der Waals surface area contributed by atoms with Gasteiger partial charge in [0.15, 0.2) is 16.8 Å². The second-order valence-electron chi connectivity index (χ2n) is 6.04. The fraction of sp³-hybridized carbons (Fsp3) is 0.435. The molecule has 0 radical (unpaired) electrons. The minimum Gasteiger partial charge on any atom is -0.743 e. The van der Waals surface area contributed by atoms with Crippen molar-refractivity contribution in [1.29, 1.82) is 0 Å². The summed E-state index contributed by atoms with van der Waals surface area (Å²) in [6.45, 7) is -2.34. The van der Waals surface area contributed by atoms with E-state index >= 15 is 0 Å². The summed E-state index contributed by atoms with van der Waals surface area (Å²) in [5, 5.41) is 18.5. The summed E-state index contributed by atoms with van der Waals surface area (Å²) in [6.07, 6.45) is 0. The number of para-hydroxylation sites is 2. The van der Waals surface area contributed by atoms with Gasteiger partial charge in [0.2, 0.25) is 0 Å². The molecule has 3 N–H and O–H groups in total. The first-order valence-electron chi connectivity index (χ1n) is 11.6. The molecule has 0 aliphatic carbocycles. The fourth-order valence-electron chi connectivity index (χ4n) is 1.63. The van der Waals surface area contributed by atoms with Crippen LogP contribution in [0.25, 0.3) is 0 Å². The Kier molecular flexibility index (Phi) is 98.7. The Morgan fingerprint density at radius 2 is 0.944 bits per heavy atom. The van der Waals surface area contributed by atoms with Crippen LogP contribution in [0.5, 0.6) is 11.5 Å². The van der Waals surface area contributed by atoms with E-state index in [9.17, 15) is 43.6 Å². The number of rotatable bonds is 10. The molecule has 0 aromatic heterocycles. The standard InChI is InChI=1S/C10H11FO3.C8H10O2.C2H4F2O4S.2CH3F.CH4O.4F2.FHO3S.2Na/c11-8-10(12)14-7-6-13-9-4-2-1-3-5-9;9-6-7-10-8-4-2-1-3-5-8;3-2(4,1-5)9(6,7)8;7*1-2;1-5(2,3)4;;/h1-5H,6-8H2;1-5,9H,6-7H2;5H,1H2,(H,6,7,8);2*1H3;2H,1H3;;;;;(H,2,3,4);;/q;;;;;;;;;;;2*+1/p-2. The van der Waals surface area contributed by atoms with Gasteiger partial charge < -0.3 is 38.6 Å². The number of benzene rings is 2. The average Bonchev–Trinajstić information content (AvgIpc) is 3.18. The van der Waals surface area contributed by atoms with Crippen molar-refractivity contribution in [3.05, 3.63) is 60.7 Å². The summed E-state index contributed by atoms with van der Waals surface area (Å²) in [5.74, 6) is 0.641. The van der Waals surface area contributed by atoms with E-state index in [2.05, 4.69) is 4.74 Å². The quantitative estimate of drug-likeness (QED) is 0.0674. The number of ether oxygens (including phenoxy) is 3. The van der Waals surface area contributed by atoms with Crippen molar-refractivity contribution >= 4 is 26.6 Å². The van der Waals surface area contributed by atoms with Crippen molar-refractivity contribution in [3.8, 4) is 11.5 Å². The Morgan fingerprint density at radius 3 is 1.15 bits per heavy atom. The molecule has 0 aliphatic rings. The predicted octanol–water partition coefficient (Wildman–Crippen LogP) is -0.682. The van der Waals surface area contributed by atoms with Crippen LogP contribution in [0.4, 0.5) is 62.4 Å². The summed E-state index contributed by atoms with van der Waals surface area (Å²) < 4.78 is 196. The summed E-state index contributed by atoms with van der Waals surface area (Å²) in [4.78, 5) is 10.4. The fourth-order valence-corrected chi connectivity index (χ4v) is 1.79. The van der Waals surface area contributed by atoms with Gasteiger partial charge in [0, 0.05) is 43.7 Å². The van der Waals surface area contributed by atoms with E-state index in [1.807, 2.05) is 48.5 Å². The molecular formula is C23H34F14Na2O13S2. The maximum atomic E-state index is 11.6. The van der Waals surface area contributed by atoms with Crippen molar-refractivity contribution in [2.75, 3.05) is 61.2 Å². The minimum absolute atomic E-state index is 0. The van der Waals surface area contributed by atoms with Crippen LogP contribution in [-0.4, -0.2) is 114 Å². The van der Waals surface area contributed by atoms with Gasteiger partial charge in [0.1, 0.15) is 37.9 Å². The van der Waals surface area contributed by atoms with Crippen LogP contribution in [0.1, 0.15) is 0 Å². The zero-order valence-electron chi connectivity index (χ0n) is 28.5. The molecule has 316 valence electrons. The smallest absolute Gasteiger partial charge is 0.743 e. The summed E-state index contributed by atoms with van der Waals surface area (Å²) >= 11 is 0. The number of esters is 1. The number of aliphatic hydroxyl groups excluding tert-OH is 3. The van der Waals surface area contributed by atoms with Gasteiger partial charge in [-0.2, -0.15) is 8.78 Å². The summed E-state index contributed by atoms with van der Waals surface area (Å²) in [5.41, 5.74) is 0. The number of hydrogen-bond acceptors (Lipinski definition) is 13. The number of halogens is 14. The molecule has 2 rings (SSSR count). The average molecular weight is 895 g/mol. The zero-order chi connectivity index (χ0) is 43.7. The van der Waals surface area contributed by atoms with E-state index in [1.165, 1.54) is 0 Å². The van der Waals surface area contributed by atoms with Crippen molar-refractivity contribution in [1.82, 2.24) is 0 Å². The van der Waals surface area contributed by atoms with Gasteiger partial charge in [-0.05, 0) is 24.3 Å². The Hall–Kier alpha value is -1.77. The van der Waals surface area contributed by atoms with E-state index in [-0.39, 0.29) is 78.9 Å². The molecular weight excluding hydrogens is 860 g/mol. The molecule has 0 aliphatic heterocycles. The topological polar surface area (TPSA) is 220 Å². The molecule has 2 aromatic carbocycles. The van der Waals surface area contributed by atoms with Crippen molar-refractivity contribution < 1.29 is 182 Å². The van der Waals surface area contributed by atoms with Gasteiger partial charge in [-0.1, -0.05) is 36.4 Å². The number of carbonyl (C=O) groups is 1. The SMILES string of the molecule is CF.CF.CO.FF.FF.FF.FF.O=C(CF)OCCOc1ccccc1.O=S(=O)([O-])C(F)(F)CO.O=S(=O)([O-])F.OCCOc1ccccc1.[Na+].[Na+]. The molecule has 0 fully saturated rings. The Morgan fingerprint density at radius 1 is 0.667 bits per heavy atom. The number of alkyl halides is 5. The maximum Gasteiger partial charge on any atom is 1.00 e. The van der Waals surface area contributed by atoms with Gasteiger partial charge >= 0.3 is 70.3 Å². The molecule has 2 aromatic rings. The second kappa shape index (κ2) is 66.1. The van der Waals surface area contributed by atoms with Gasteiger partial charge in [0.25, 0.3) is 10.5 Å².